The van der Waals surface area contributed by atoms with Crippen molar-refractivity contribution in [3.63, 3.8) is 0 Å². The van der Waals surface area contributed by atoms with Crippen LogP contribution in [-0.4, -0.2) is 110 Å². The molecule has 0 aromatic carbocycles. The minimum absolute atomic E-state index is 0.249. The second-order valence-corrected chi connectivity index (χ2v) is 23.5. The van der Waals surface area contributed by atoms with Crippen molar-refractivity contribution >= 4 is 5.91 Å². The Kier molecular flexibility index (Phi) is 52.7. The summed E-state index contributed by atoms with van der Waals surface area (Å²) in [4.78, 5) is 13.2. The lowest BCUT2D eigenvalue weighted by atomic mass is 9.98. The van der Waals surface area contributed by atoms with Gasteiger partial charge in [-0.1, -0.05) is 282 Å². The Hall–Kier alpha value is -1.41. The molecule has 11 heteroatoms. The normalized spacial score (nSPS) is 19.6. The monoisotopic (exact) mass is 1090 g/mol. The average molecular weight is 1090 g/mol. The quantitative estimate of drug-likeness (QED) is 0.0215. The third-order valence-electron chi connectivity index (χ3n) is 16.2. The first-order chi connectivity index (χ1) is 37.7. The lowest BCUT2D eigenvalue weighted by Gasteiger charge is -2.40. The Morgan fingerprint density at radius 1 is 0.442 bits per heavy atom. The fraction of sp³-hybridized carbons (Fsp3) is 0.924. The summed E-state index contributed by atoms with van der Waals surface area (Å²) in [6.45, 7) is 3.49. The molecule has 8 N–H and O–H groups in total. The number of amides is 1. The van der Waals surface area contributed by atoms with E-state index >= 15 is 0 Å². The van der Waals surface area contributed by atoms with E-state index in [1.54, 1.807) is 0 Å². The number of carbonyl (C=O) groups excluding carboxylic acids is 1. The van der Waals surface area contributed by atoms with Gasteiger partial charge in [-0.15, -0.1) is 0 Å². The maximum Gasteiger partial charge on any atom is 0.249 e. The molecule has 11 nitrogen and oxygen atoms in total. The van der Waals surface area contributed by atoms with Crippen LogP contribution < -0.4 is 5.32 Å². The van der Waals surface area contributed by atoms with Crippen LogP contribution >= 0.6 is 0 Å². The Bertz CT molecular complexity index is 1300. The number of ether oxygens (including phenoxy) is 2. The molecule has 0 radical (unpaired) electrons. The smallest absolute Gasteiger partial charge is 0.249 e. The molecule has 9 unspecified atom stereocenters. The molecule has 1 rings (SSSR count). The molecular formula is C66H127NO10. The standard InChI is InChI=1S/C66H127NO10/c1-3-5-7-9-11-13-15-17-19-21-23-25-26-27-28-29-30-31-32-34-35-37-39-41-43-45-47-49-51-53-58(69)61(71)57(56-76-66-64(74)63(73)62(72)60(55-68)77-66)67-65(75)59(70)54-52-50-48-46-44-42-40-38-36-33-24-22-20-18-16-14-12-10-8-6-4-2/h36,38,45,47,57-64,66,68-74H,3-35,37,39-44,46,48-56H2,1-2H3,(H,67,75)/b38-36-,47-45+. The van der Waals surface area contributed by atoms with E-state index in [2.05, 4.69) is 43.5 Å². The van der Waals surface area contributed by atoms with Crippen LogP contribution in [0.2, 0.25) is 0 Å². The highest BCUT2D eigenvalue weighted by atomic mass is 16.7. The zero-order valence-corrected chi connectivity index (χ0v) is 50.2. The molecular weight excluding hydrogens is 967 g/mol. The number of aliphatic hydroxyl groups is 7. The molecule has 1 saturated heterocycles. The summed E-state index contributed by atoms with van der Waals surface area (Å²) in [5, 5.41) is 76.3. The number of hydrogen-bond donors (Lipinski definition) is 8. The van der Waals surface area contributed by atoms with Crippen LogP contribution in [0.25, 0.3) is 0 Å². The zero-order valence-electron chi connectivity index (χ0n) is 50.2. The predicted molar refractivity (Wildman–Crippen MR) is 321 cm³/mol. The summed E-state index contributed by atoms with van der Waals surface area (Å²) in [5.41, 5.74) is 0. The maximum absolute atomic E-state index is 13.2. The molecule has 77 heavy (non-hydrogen) atoms. The van der Waals surface area contributed by atoms with Crippen molar-refractivity contribution in [2.75, 3.05) is 13.2 Å². The molecule has 9 atom stereocenters. The number of nitrogens with one attached hydrogen (secondary N) is 1. The van der Waals surface area contributed by atoms with Crippen molar-refractivity contribution in [2.24, 2.45) is 0 Å². The first-order valence-electron chi connectivity index (χ1n) is 33.2. The topological polar surface area (TPSA) is 189 Å². The molecule has 0 bridgehead atoms. The number of unbranched alkanes of at least 4 members (excludes halogenated alkanes) is 42. The number of hydrogen-bond acceptors (Lipinski definition) is 10. The fourth-order valence-electron chi connectivity index (χ4n) is 10.9. The first kappa shape index (κ1) is 73.6. The zero-order chi connectivity index (χ0) is 56.1. The number of rotatable bonds is 58. The Labute approximate surface area is 474 Å². The van der Waals surface area contributed by atoms with Crippen molar-refractivity contribution < 1.29 is 50.0 Å². The Morgan fingerprint density at radius 3 is 1.12 bits per heavy atom. The summed E-state index contributed by atoms with van der Waals surface area (Å²) in [5.74, 6) is -0.706. The molecule has 1 heterocycles. The van der Waals surface area contributed by atoms with Gasteiger partial charge in [-0.25, -0.2) is 0 Å². The third-order valence-corrected chi connectivity index (χ3v) is 16.2. The summed E-state index contributed by atoms with van der Waals surface area (Å²) < 4.78 is 11.2. The van der Waals surface area contributed by atoms with Crippen LogP contribution in [0.3, 0.4) is 0 Å². The molecule has 1 amide bonds. The van der Waals surface area contributed by atoms with E-state index in [0.29, 0.717) is 12.8 Å². The summed E-state index contributed by atoms with van der Waals surface area (Å²) >= 11 is 0. The molecule has 1 aliphatic heterocycles. The van der Waals surface area contributed by atoms with Gasteiger partial charge in [0.2, 0.25) is 5.91 Å². The molecule has 456 valence electrons. The van der Waals surface area contributed by atoms with Crippen LogP contribution in [-0.2, 0) is 14.3 Å². The van der Waals surface area contributed by atoms with Gasteiger partial charge in [0.15, 0.2) is 6.29 Å². The third kappa shape index (κ3) is 43.0. The second kappa shape index (κ2) is 55.1. The highest BCUT2D eigenvalue weighted by Gasteiger charge is 2.44. The van der Waals surface area contributed by atoms with E-state index in [-0.39, 0.29) is 12.8 Å². The molecule has 0 aromatic heterocycles. The molecule has 0 spiro atoms. The molecule has 0 aliphatic carbocycles. The lowest BCUT2D eigenvalue weighted by molar-refractivity contribution is -0.303. The van der Waals surface area contributed by atoms with Crippen molar-refractivity contribution in [3.8, 4) is 0 Å². The van der Waals surface area contributed by atoms with E-state index < -0.39 is 74.2 Å². The van der Waals surface area contributed by atoms with Crippen LogP contribution in [0, 0.1) is 0 Å². The molecule has 1 aliphatic rings. The van der Waals surface area contributed by atoms with Crippen LogP contribution in [0.15, 0.2) is 24.3 Å². The minimum atomic E-state index is -1.67. The van der Waals surface area contributed by atoms with Gasteiger partial charge in [-0.3, -0.25) is 4.79 Å². The van der Waals surface area contributed by atoms with Crippen molar-refractivity contribution in [1.29, 1.82) is 0 Å². The molecule has 0 aromatic rings. The molecule has 1 fully saturated rings. The largest absolute Gasteiger partial charge is 0.394 e. The van der Waals surface area contributed by atoms with E-state index in [4.69, 9.17) is 9.47 Å². The van der Waals surface area contributed by atoms with Gasteiger partial charge in [-0.05, 0) is 64.2 Å². The fourth-order valence-corrected chi connectivity index (χ4v) is 10.9. The van der Waals surface area contributed by atoms with Gasteiger partial charge in [0.25, 0.3) is 0 Å². The number of carbonyl (C=O) groups is 1. The number of allylic oxidation sites excluding steroid dienone is 4. The summed E-state index contributed by atoms with van der Waals surface area (Å²) in [6, 6.07) is -1.19. The summed E-state index contributed by atoms with van der Waals surface area (Å²) in [6.07, 6.45) is 56.8. The highest BCUT2D eigenvalue weighted by molar-refractivity contribution is 5.80. The highest BCUT2D eigenvalue weighted by Crippen LogP contribution is 2.24. The van der Waals surface area contributed by atoms with Gasteiger partial charge >= 0.3 is 0 Å². The van der Waals surface area contributed by atoms with Crippen LogP contribution in [0.4, 0.5) is 0 Å². The van der Waals surface area contributed by atoms with Gasteiger partial charge in [0, 0.05) is 0 Å². The first-order valence-corrected chi connectivity index (χ1v) is 33.2. The van der Waals surface area contributed by atoms with Gasteiger partial charge < -0.3 is 50.5 Å². The van der Waals surface area contributed by atoms with Gasteiger partial charge in [0.05, 0.1) is 25.4 Å². The van der Waals surface area contributed by atoms with Gasteiger partial charge in [-0.2, -0.15) is 0 Å². The van der Waals surface area contributed by atoms with Gasteiger partial charge in [0.1, 0.15) is 36.6 Å². The summed E-state index contributed by atoms with van der Waals surface area (Å²) in [7, 11) is 0. The molecule has 0 saturated carbocycles. The second-order valence-electron chi connectivity index (χ2n) is 23.5. The Balaban J connectivity index is 2.24. The lowest BCUT2D eigenvalue weighted by Crippen LogP contribution is -2.60. The minimum Gasteiger partial charge on any atom is -0.394 e. The maximum atomic E-state index is 13.2. The van der Waals surface area contributed by atoms with E-state index in [1.807, 2.05) is 0 Å². The van der Waals surface area contributed by atoms with Crippen LogP contribution in [0.1, 0.15) is 322 Å². The van der Waals surface area contributed by atoms with Crippen LogP contribution in [0.5, 0.6) is 0 Å². The number of aliphatic hydroxyl groups excluding tert-OH is 7. The van der Waals surface area contributed by atoms with E-state index in [1.165, 1.54) is 225 Å². The van der Waals surface area contributed by atoms with E-state index in [0.717, 1.165) is 57.8 Å². The Morgan fingerprint density at radius 2 is 0.766 bits per heavy atom. The SMILES string of the molecule is CCCCCCCCCCCCC/C=C\CCCCCCCCC(O)C(=O)NC(COC1OC(CO)C(O)C(O)C1O)C(O)C(O)CCC/C=C/CCCCCCCCCCCCCCCCCCCCCCCCCC. The average Bonchev–Trinajstić information content (AvgIpc) is 3.43. The van der Waals surface area contributed by atoms with Crippen molar-refractivity contribution in [1.82, 2.24) is 5.32 Å². The van der Waals surface area contributed by atoms with E-state index in [9.17, 15) is 40.5 Å². The van der Waals surface area contributed by atoms with Crippen molar-refractivity contribution in [3.05, 3.63) is 24.3 Å². The predicted octanol–water partition coefficient (Wildman–Crippen LogP) is 15.2. The van der Waals surface area contributed by atoms with Crippen molar-refractivity contribution in [2.45, 2.75) is 377 Å².